The Kier molecular flexibility index (Phi) is 11.9. The third-order valence-electron chi connectivity index (χ3n) is 8.25. The molecular formula is C37H46N2O8. The number of carbonyl (C=O) groups excluding carboxylic acids is 3. The lowest BCUT2D eigenvalue weighted by Gasteiger charge is -2.44. The SMILES string of the molecule is CCOc1ccccc1NC(=O)C1C(=O)CC(C)(O)C(C(=O)Nc2ccccc2OCC)C1c1ccc(OCCC(C)C)c(OC)c1. The number of hydrogen-bond acceptors (Lipinski definition) is 8. The molecule has 1 saturated carbocycles. The minimum absolute atomic E-state index is 0.373. The van der Waals surface area contributed by atoms with Crippen molar-refractivity contribution in [1.82, 2.24) is 0 Å². The van der Waals surface area contributed by atoms with Crippen LogP contribution in [0.2, 0.25) is 0 Å². The van der Waals surface area contributed by atoms with E-state index in [4.69, 9.17) is 18.9 Å². The van der Waals surface area contributed by atoms with Crippen molar-refractivity contribution in [2.75, 3.05) is 37.6 Å². The van der Waals surface area contributed by atoms with Crippen molar-refractivity contribution in [3.8, 4) is 23.0 Å². The van der Waals surface area contributed by atoms with E-state index in [-0.39, 0.29) is 0 Å². The first-order valence-corrected chi connectivity index (χ1v) is 16.1. The maximum Gasteiger partial charge on any atom is 0.235 e. The fourth-order valence-electron chi connectivity index (χ4n) is 6.03. The summed E-state index contributed by atoms with van der Waals surface area (Å²) in [7, 11) is 1.50. The summed E-state index contributed by atoms with van der Waals surface area (Å²) in [6, 6.07) is 19.0. The third kappa shape index (κ3) is 8.43. The van der Waals surface area contributed by atoms with Crippen molar-refractivity contribution >= 4 is 29.0 Å². The van der Waals surface area contributed by atoms with Gasteiger partial charge in [-0.1, -0.05) is 44.2 Å². The smallest absolute Gasteiger partial charge is 0.235 e. The molecule has 10 nitrogen and oxygen atoms in total. The fourth-order valence-corrected chi connectivity index (χ4v) is 6.03. The average molecular weight is 647 g/mol. The first kappa shape index (κ1) is 35.3. The lowest BCUT2D eigenvalue weighted by atomic mass is 9.61. The van der Waals surface area contributed by atoms with E-state index in [9.17, 15) is 19.5 Å². The van der Waals surface area contributed by atoms with Gasteiger partial charge in [-0.2, -0.15) is 0 Å². The molecule has 252 valence electrons. The maximum atomic E-state index is 14.3. The number of hydrogen-bond donors (Lipinski definition) is 3. The van der Waals surface area contributed by atoms with Crippen molar-refractivity contribution in [3.05, 3.63) is 72.3 Å². The van der Waals surface area contributed by atoms with Gasteiger partial charge in [-0.25, -0.2) is 0 Å². The highest BCUT2D eigenvalue weighted by molar-refractivity contribution is 6.11. The molecule has 47 heavy (non-hydrogen) atoms. The van der Waals surface area contributed by atoms with Crippen molar-refractivity contribution in [2.24, 2.45) is 17.8 Å². The molecule has 0 bridgehead atoms. The maximum absolute atomic E-state index is 14.3. The Morgan fingerprint density at radius 1 is 0.851 bits per heavy atom. The predicted molar refractivity (Wildman–Crippen MR) is 180 cm³/mol. The molecule has 2 amide bonds. The molecule has 3 aromatic carbocycles. The number of para-hydroxylation sites is 4. The number of methoxy groups -OCH3 is 1. The van der Waals surface area contributed by atoms with E-state index in [0.717, 1.165) is 6.42 Å². The average Bonchev–Trinajstić information content (AvgIpc) is 3.02. The normalized spacial score (nSPS) is 20.8. The number of carbonyl (C=O) groups is 3. The molecule has 0 aliphatic heterocycles. The van der Waals surface area contributed by atoms with E-state index in [0.29, 0.717) is 65.7 Å². The summed E-state index contributed by atoms with van der Waals surface area (Å²) in [5, 5.41) is 17.6. The van der Waals surface area contributed by atoms with Gasteiger partial charge in [0, 0.05) is 12.3 Å². The van der Waals surface area contributed by atoms with Gasteiger partial charge < -0.3 is 34.7 Å². The molecule has 4 atom stereocenters. The molecule has 0 aromatic heterocycles. The Morgan fingerprint density at radius 2 is 1.43 bits per heavy atom. The summed E-state index contributed by atoms with van der Waals surface area (Å²) in [6.07, 6.45) is 0.426. The minimum atomic E-state index is -1.80. The number of anilines is 2. The van der Waals surface area contributed by atoms with E-state index in [1.54, 1.807) is 66.7 Å². The van der Waals surface area contributed by atoms with Gasteiger partial charge in [-0.05, 0) is 75.1 Å². The van der Waals surface area contributed by atoms with E-state index >= 15 is 0 Å². The van der Waals surface area contributed by atoms with Crippen LogP contribution in [0.4, 0.5) is 11.4 Å². The van der Waals surface area contributed by atoms with Crippen LogP contribution in [0.3, 0.4) is 0 Å². The van der Waals surface area contributed by atoms with Gasteiger partial charge in [-0.15, -0.1) is 0 Å². The summed E-state index contributed by atoms with van der Waals surface area (Å²) in [5.41, 5.74) is -0.542. The second-order valence-electron chi connectivity index (χ2n) is 12.3. The largest absolute Gasteiger partial charge is 0.493 e. The van der Waals surface area contributed by atoms with Crippen LogP contribution in [0.15, 0.2) is 66.7 Å². The summed E-state index contributed by atoms with van der Waals surface area (Å²) in [5.74, 6) is -3.12. The van der Waals surface area contributed by atoms with Crippen LogP contribution in [-0.4, -0.2) is 55.2 Å². The third-order valence-corrected chi connectivity index (χ3v) is 8.25. The fraction of sp³-hybridized carbons (Fsp3) is 0.432. The van der Waals surface area contributed by atoms with Gasteiger partial charge in [0.15, 0.2) is 11.5 Å². The first-order chi connectivity index (χ1) is 22.5. The molecule has 4 rings (SSSR count). The van der Waals surface area contributed by atoms with Crippen LogP contribution in [0.25, 0.3) is 0 Å². The van der Waals surface area contributed by atoms with Crippen LogP contribution in [-0.2, 0) is 14.4 Å². The molecular weight excluding hydrogens is 600 g/mol. The molecule has 1 aliphatic carbocycles. The highest BCUT2D eigenvalue weighted by atomic mass is 16.5. The second kappa shape index (κ2) is 15.8. The van der Waals surface area contributed by atoms with Gasteiger partial charge in [0.05, 0.1) is 49.8 Å². The molecule has 0 radical (unpaired) electrons. The van der Waals surface area contributed by atoms with Gasteiger partial charge in [0.2, 0.25) is 11.8 Å². The monoisotopic (exact) mass is 646 g/mol. The molecule has 3 N–H and O–H groups in total. The van der Waals surface area contributed by atoms with Gasteiger partial charge >= 0.3 is 0 Å². The highest BCUT2D eigenvalue weighted by Gasteiger charge is 2.56. The van der Waals surface area contributed by atoms with E-state index < -0.39 is 47.4 Å². The van der Waals surface area contributed by atoms with Crippen molar-refractivity contribution in [2.45, 2.75) is 59.0 Å². The summed E-state index contributed by atoms with van der Waals surface area (Å²) in [4.78, 5) is 42.3. The second-order valence-corrected chi connectivity index (χ2v) is 12.3. The Bertz CT molecular complexity index is 1550. The zero-order valence-electron chi connectivity index (χ0n) is 28.0. The zero-order valence-corrected chi connectivity index (χ0v) is 28.0. The topological polar surface area (TPSA) is 132 Å². The first-order valence-electron chi connectivity index (χ1n) is 16.1. The number of benzene rings is 3. The molecule has 3 aromatic rings. The Hall–Kier alpha value is -4.57. The molecule has 4 unspecified atom stereocenters. The van der Waals surface area contributed by atoms with Crippen LogP contribution in [0.1, 0.15) is 58.9 Å². The van der Waals surface area contributed by atoms with E-state index in [1.807, 2.05) is 13.8 Å². The van der Waals surface area contributed by atoms with Gasteiger partial charge in [0.1, 0.15) is 23.2 Å². The minimum Gasteiger partial charge on any atom is -0.493 e. The summed E-state index contributed by atoms with van der Waals surface area (Å²) >= 11 is 0. The van der Waals surface area contributed by atoms with E-state index in [2.05, 4.69) is 24.5 Å². The van der Waals surface area contributed by atoms with Gasteiger partial charge in [0.25, 0.3) is 0 Å². The molecule has 1 aliphatic rings. The lowest BCUT2D eigenvalue weighted by molar-refractivity contribution is -0.150. The quantitative estimate of drug-likeness (QED) is 0.176. The summed E-state index contributed by atoms with van der Waals surface area (Å²) < 4.78 is 23.1. The highest BCUT2D eigenvalue weighted by Crippen LogP contribution is 2.48. The zero-order chi connectivity index (χ0) is 34.1. The number of rotatable bonds is 14. The Morgan fingerprint density at radius 3 is 1.98 bits per heavy atom. The van der Waals surface area contributed by atoms with Crippen molar-refractivity contribution < 1.29 is 38.4 Å². The standard InChI is InChI=1S/C37H46N2O8/c1-7-45-28-15-11-9-13-25(28)38-35(41)33-27(40)22-37(5,43)34(36(42)39-26-14-10-12-16-29(26)46-8-2)32(33)24-17-18-30(31(21-24)44-6)47-20-19-23(3)4/h9-18,21,23,32-34,43H,7-8,19-20,22H2,1-6H3,(H,38,41)(H,39,42). The number of nitrogens with one attached hydrogen (secondary N) is 2. The molecule has 0 spiro atoms. The predicted octanol–water partition coefficient (Wildman–Crippen LogP) is 6.23. The molecule has 10 heteroatoms. The van der Waals surface area contributed by atoms with Gasteiger partial charge in [-0.3, -0.25) is 14.4 Å². The van der Waals surface area contributed by atoms with Crippen LogP contribution < -0.4 is 29.6 Å². The number of Topliss-reactive ketones (excluding diaryl/α,β-unsaturated/α-hetero) is 1. The van der Waals surface area contributed by atoms with Crippen LogP contribution >= 0.6 is 0 Å². The number of ether oxygens (including phenoxy) is 4. The number of ketones is 1. The number of aliphatic hydroxyl groups is 1. The lowest BCUT2D eigenvalue weighted by Crippen LogP contribution is -2.56. The van der Waals surface area contributed by atoms with Crippen LogP contribution in [0.5, 0.6) is 23.0 Å². The van der Waals surface area contributed by atoms with Crippen molar-refractivity contribution in [1.29, 1.82) is 0 Å². The van der Waals surface area contributed by atoms with Crippen molar-refractivity contribution in [3.63, 3.8) is 0 Å². The van der Waals surface area contributed by atoms with Crippen LogP contribution in [0, 0.1) is 17.8 Å². The number of amides is 2. The molecule has 0 saturated heterocycles. The Labute approximate surface area is 276 Å². The molecule has 1 fully saturated rings. The molecule has 0 heterocycles. The van der Waals surface area contributed by atoms with E-state index in [1.165, 1.54) is 14.0 Å². The Balaban J connectivity index is 1.81. The summed E-state index contributed by atoms with van der Waals surface area (Å²) in [6.45, 7) is 10.5.